The zero-order valence-electron chi connectivity index (χ0n) is 36.8. The van der Waals surface area contributed by atoms with Crippen molar-refractivity contribution in [3.8, 4) is 23.0 Å². The molecular formula is C43H62BIN8O7. The molecule has 2 unspecified atom stereocenters. The van der Waals surface area contributed by atoms with Crippen molar-refractivity contribution in [1.82, 2.24) is 39.2 Å². The summed E-state index contributed by atoms with van der Waals surface area (Å²) < 4.78 is 51.0. The Morgan fingerprint density at radius 1 is 1.03 bits per heavy atom. The maximum atomic E-state index is 6.78. The van der Waals surface area contributed by atoms with E-state index in [1.165, 1.54) is 0 Å². The van der Waals surface area contributed by atoms with Crippen molar-refractivity contribution in [1.29, 1.82) is 0 Å². The number of hydrogen-bond acceptors (Lipinski definition) is 12. The number of likely N-dealkylation sites (N-methyl/N-ethyl adjacent to an activating group) is 1. The predicted molar refractivity (Wildman–Crippen MR) is 238 cm³/mol. The number of nitrogens with zero attached hydrogens (tertiary/aromatic N) is 8. The molecule has 3 aliphatic heterocycles. The van der Waals surface area contributed by atoms with Gasteiger partial charge in [0, 0.05) is 38.7 Å². The van der Waals surface area contributed by atoms with Crippen molar-refractivity contribution in [3.05, 3.63) is 38.9 Å². The SMILES string of the molecule is CCOc1nn(CC2(OC3CCCCO3)CC2)c(CN(C)C[C@H](C)Oc2c(-c3cc4c(/C=C/B5OC(C)(C)C(C)(C)O5)nn(C5CCCCO5)c4cn3)c(C)nn2C)c1I. The minimum absolute atomic E-state index is 0.135. The van der Waals surface area contributed by atoms with Gasteiger partial charge in [0.05, 0.1) is 73.6 Å². The second-order valence-corrected chi connectivity index (χ2v) is 19.1. The van der Waals surface area contributed by atoms with Gasteiger partial charge in [-0.15, -0.1) is 5.10 Å². The summed E-state index contributed by atoms with van der Waals surface area (Å²) in [4.78, 5) is 7.29. The second-order valence-electron chi connectivity index (χ2n) is 18.0. The van der Waals surface area contributed by atoms with Crippen LogP contribution in [-0.4, -0.2) is 109 Å². The third-order valence-electron chi connectivity index (χ3n) is 12.5. The van der Waals surface area contributed by atoms with Crippen molar-refractivity contribution in [2.75, 3.05) is 33.4 Å². The van der Waals surface area contributed by atoms with E-state index in [0.29, 0.717) is 44.6 Å². The van der Waals surface area contributed by atoms with E-state index >= 15 is 0 Å². The Morgan fingerprint density at radius 2 is 1.77 bits per heavy atom. The van der Waals surface area contributed by atoms with E-state index < -0.39 is 18.3 Å². The van der Waals surface area contributed by atoms with E-state index in [0.717, 1.165) is 101 Å². The van der Waals surface area contributed by atoms with E-state index in [1.807, 2.05) is 48.5 Å². The standard InChI is InChI=1S/C43H62BIN8O7/c1-10-54-39-38(45)34(52(49-39)27-43(18-19-43)58-36-16-12-14-22-56-36)26-50(8)25-28(2)57-40-37(29(3)47-51(40)9)32-23-30-31(17-20-44-59-41(4,5)42(6,7)60-44)48-53(33(30)24-46-32)35-15-11-13-21-55-35/h17,20,23-24,28,35-36H,10-16,18-19,21-22,25-27H2,1-9H3/b20-17+/t28-,35?,36?/m0/s1. The first-order valence-electron chi connectivity index (χ1n) is 21.8. The van der Waals surface area contributed by atoms with Crippen molar-refractivity contribution >= 4 is 46.7 Å². The van der Waals surface area contributed by atoms with Crippen LogP contribution in [0.4, 0.5) is 0 Å². The molecule has 0 aromatic carbocycles. The highest BCUT2D eigenvalue weighted by Crippen LogP contribution is 2.44. The maximum absolute atomic E-state index is 6.78. The summed E-state index contributed by atoms with van der Waals surface area (Å²) in [6.07, 6.45) is 11.6. The molecule has 4 aromatic heterocycles. The summed E-state index contributed by atoms with van der Waals surface area (Å²) in [6, 6.07) is 2.09. The number of halogens is 1. The summed E-state index contributed by atoms with van der Waals surface area (Å²) in [6.45, 7) is 18.3. The van der Waals surface area contributed by atoms with Gasteiger partial charge in [0.15, 0.2) is 12.5 Å². The molecule has 3 atom stereocenters. The van der Waals surface area contributed by atoms with Crippen LogP contribution >= 0.6 is 22.6 Å². The van der Waals surface area contributed by atoms with Gasteiger partial charge in [-0.25, -0.2) is 9.36 Å². The molecule has 1 saturated carbocycles. The molecule has 15 nitrogen and oxygen atoms in total. The van der Waals surface area contributed by atoms with Crippen LogP contribution in [0.25, 0.3) is 28.2 Å². The van der Waals surface area contributed by atoms with Crippen LogP contribution in [-0.2, 0) is 43.7 Å². The molecule has 4 fully saturated rings. The molecule has 3 saturated heterocycles. The molecule has 0 spiro atoms. The second kappa shape index (κ2) is 17.6. The van der Waals surface area contributed by atoms with Crippen LogP contribution in [0.5, 0.6) is 11.8 Å². The molecule has 4 aliphatic rings. The lowest BCUT2D eigenvalue weighted by molar-refractivity contribution is -0.200. The van der Waals surface area contributed by atoms with Gasteiger partial charge in [-0.2, -0.15) is 10.2 Å². The van der Waals surface area contributed by atoms with E-state index in [4.69, 9.17) is 53.3 Å². The van der Waals surface area contributed by atoms with Gasteiger partial charge in [0.1, 0.15) is 6.10 Å². The Labute approximate surface area is 368 Å². The lowest BCUT2D eigenvalue weighted by atomic mass is 9.89. The van der Waals surface area contributed by atoms with E-state index in [9.17, 15) is 0 Å². The topological polar surface area (TPSA) is 134 Å². The number of aromatic nitrogens is 7. The molecule has 0 N–H and O–H groups in total. The number of pyridine rings is 1. The molecule has 7 heterocycles. The molecule has 326 valence electrons. The fourth-order valence-corrected chi connectivity index (χ4v) is 9.13. The lowest BCUT2D eigenvalue weighted by Crippen LogP contribution is -2.41. The Balaban J connectivity index is 1.01. The van der Waals surface area contributed by atoms with E-state index in [2.05, 4.69) is 79.9 Å². The van der Waals surface area contributed by atoms with Crippen LogP contribution in [0.3, 0.4) is 0 Å². The maximum Gasteiger partial charge on any atom is 0.487 e. The summed E-state index contributed by atoms with van der Waals surface area (Å²) in [7, 11) is 3.54. The Morgan fingerprint density at radius 3 is 2.43 bits per heavy atom. The number of rotatable bonds is 16. The molecular weight excluding hydrogens is 878 g/mol. The Hall–Kier alpha value is -3.07. The van der Waals surface area contributed by atoms with Crippen LogP contribution < -0.4 is 9.47 Å². The van der Waals surface area contributed by atoms with Crippen molar-refractivity contribution < 1.29 is 33.0 Å². The summed E-state index contributed by atoms with van der Waals surface area (Å²) in [5.41, 5.74) is 4.10. The van der Waals surface area contributed by atoms with Gasteiger partial charge in [0.2, 0.25) is 11.8 Å². The predicted octanol–water partition coefficient (Wildman–Crippen LogP) is 7.66. The van der Waals surface area contributed by atoms with Gasteiger partial charge in [-0.3, -0.25) is 14.6 Å². The van der Waals surface area contributed by atoms with Crippen molar-refractivity contribution in [3.63, 3.8) is 0 Å². The number of fused-ring (bicyclic) bond motifs is 1. The normalized spacial score (nSPS) is 22.9. The first kappa shape index (κ1) is 43.6. The molecule has 1 aliphatic carbocycles. The molecule has 17 heteroatoms. The molecule has 8 rings (SSSR count). The summed E-state index contributed by atoms with van der Waals surface area (Å²) >= 11 is 2.38. The minimum Gasteiger partial charge on any atom is -0.476 e. The van der Waals surface area contributed by atoms with Crippen molar-refractivity contribution in [2.24, 2.45) is 7.05 Å². The lowest BCUT2D eigenvalue weighted by Gasteiger charge is -2.32. The van der Waals surface area contributed by atoms with Gasteiger partial charge >= 0.3 is 7.12 Å². The quantitative estimate of drug-likeness (QED) is 0.0807. The fraction of sp³-hybridized carbons (Fsp3) is 0.674. The van der Waals surface area contributed by atoms with Crippen LogP contribution in [0.15, 0.2) is 18.2 Å². The van der Waals surface area contributed by atoms with Gasteiger partial charge in [-0.05, 0) is 142 Å². The average molecular weight is 941 g/mol. The van der Waals surface area contributed by atoms with Gasteiger partial charge < -0.3 is 33.0 Å². The van der Waals surface area contributed by atoms with Crippen LogP contribution in [0.2, 0.25) is 0 Å². The van der Waals surface area contributed by atoms with Crippen molar-refractivity contribution in [2.45, 2.75) is 148 Å². The summed E-state index contributed by atoms with van der Waals surface area (Å²) in [5.74, 6) is 3.27. The number of aryl methyl sites for hydroxylation is 2. The van der Waals surface area contributed by atoms with Crippen LogP contribution in [0.1, 0.15) is 116 Å². The first-order valence-corrected chi connectivity index (χ1v) is 22.8. The summed E-state index contributed by atoms with van der Waals surface area (Å²) in [5, 5.41) is 15.8. The van der Waals surface area contributed by atoms with Gasteiger partial charge in [0.25, 0.3) is 0 Å². The minimum atomic E-state index is -0.497. The highest BCUT2D eigenvalue weighted by molar-refractivity contribution is 14.1. The average Bonchev–Trinajstić information content (AvgIpc) is 3.54. The Bertz CT molecular complexity index is 2150. The third kappa shape index (κ3) is 9.18. The number of hydrogen-bond donors (Lipinski definition) is 0. The van der Waals surface area contributed by atoms with Gasteiger partial charge in [-0.1, -0.05) is 5.98 Å². The van der Waals surface area contributed by atoms with Crippen LogP contribution in [0, 0.1) is 10.5 Å². The monoisotopic (exact) mass is 940 g/mol. The zero-order chi connectivity index (χ0) is 42.4. The number of ether oxygens (including phenoxy) is 5. The molecule has 0 radical (unpaired) electrons. The highest BCUT2D eigenvalue weighted by atomic mass is 127. The third-order valence-corrected chi connectivity index (χ3v) is 13.6. The molecule has 60 heavy (non-hydrogen) atoms. The fourth-order valence-electron chi connectivity index (χ4n) is 8.42. The molecule has 4 aromatic rings. The van der Waals surface area contributed by atoms with E-state index in [-0.39, 0.29) is 24.2 Å². The Kier molecular flexibility index (Phi) is 12.8. The van der Waals surface area contributed by atoms with E-state index in [1.54, 1.807) is 0 Å². The first-order chi connectivity index (χ1) is 28.7. The zero-order valence-corrected chi connectivity index (χ0v) is 39.0. The molecule has 0 amide bonds. The molecule has 0 bridgehead atoms. The smallest absolute Gasteiger partial charge is 0.476 e. The largest absolute Gasteiger partial charge is 0.487 e. The highest BCUT2D eigenvalue weighted by Gasteiger charge is 2.50.